The Morgan fingerprint density at radius 2 is 2.06 bits per heavy atom. The van der Waals surface area contributed by atoms with Crippen LogP contribution >= 0.6 is 11.6 Å². The van der Waals surface area contributed by atoms with Crippen molar-refractivity contribution >= 4 is 23.3 Å². The molecule has 0 aromatic carbocycles. The van der Waals surface area contributed by atoms with E-state index in [-0.39, 0.29) is 5.91 Å². The molecule has 0 aliphatic carbocycles. The molecular weight excluding hydrogens is 252 g/mol. The summed E-state index contributed by atoms with van der Waals surface area (Å²) in [4.78, 5) is 19.4. The van der Waals surface area contributed by atoms with Crippen molar-refractivity contribution in [3.05, 3.63) is 22.8 Å². The van der Waals surface area contributed by atoms with Gasteiger partial charge in [0.1, 0.15) is 5.82 Å². The Bertz CT molecular complexity index is 423. The third-order valence-electron chi connectivity index (χ3n) is 2.50. The lowest BCUT2D eigenvalue weighted by Gasteiger charge is -2.19. The van der Waals surface area contributed by atoms with Crippen LogP contribution in [0.15, 0.2) is 12.1 Å². The number of likely N-dealkylation sites (N-methyl/N-ethyl adjacent to an activating group) is 2. The molecular formula is C12H19ClN4O. The fourth-order valence-electron chi connectivity index (χ4n) is 1.42. The lowest BCUT2D eigenvalue weighted by molar-refractivity contribution is -0.129. The van der Waals surface area contributed by atoms with Gasteiger partial charge in [-0.3, -0.25) is 9.69 Å². The molecule has 0 saturated carbocycles. The van der Waals surface area contributed by atoms with Crippen LogP contribution in [0.1, 0.15) is 5.69 Å². The third-order valence-corrected chi connectivity index (χ3v) is 2.84. The fraction of sp³-hybridized carbons (Fsp3) is 0.500. The molecule has 100 valence electrons. The van der Waals surface area contributed by atoms with E-state index in [9.17, 15) is 4.79 Å². The molecule has 6 heteroatoms. The van der Waals surface area contributed by atoms with Crippen LogP contribution in [0.25, 0.3) is 0 Å². The Morgan fingerprint density at radius 3 is 2.61 bits per heavy atom. The Labute approximate surface area is 113 Å². The number of carbonyl (C=O) groups is 1. The predicted octanol–water partition coefficient (Wildman–Crippen LogP) is 1.30. The zero-order chi connectivity index (χ0) is 13.7. The Kier molecular flexibility index (Phi) is 5.37. The first kappa shape index (κ1) is 14.7. The molecule has 0 saturated heterocycles. The summed E-state index contributed by atoms with van der Waals surface area (Å²) < 4.78 is 0. The number of amides is 1. The number of nitrogens with one attached hydrogen (secondary N) is 1. The van der Waals surface area contributed by atoms with E-state index in [1.165, 1.54) is 0 Å². The third kappa shape index (κ3) is 4.16. The second kappa shape index (κ2) is 6.56. The van der Waals surface area contributed by atoms with Crippen molar-refractivity contribution in [1.82, 2.24) is 14.8 Å². The monoisotopic (exact) mass is 270 g/mol. The molecule has 0 spiro atoms. The summed E-state index contributed by atoms with van der Waals surface area (Å²) in [7, 11) is 7.15. The molecule has 1 heterocycles. The van der Waals surface area contributed by atoms with E-state index < -0.39 is 0 Å². The highest BCUT2D eigenvalue weighted by Gasteiger charge is 2.11. The lowest BCUT2D eigenvalue weighted by atomic mass is 10.3. The molecule has 1 N–H and O–H groups in total. The number of hydrogen-bond donors (Lipinski definition) is 1. The molecule has 0 aliphatic heterocycles. The molecule has 0 bridgehead atoms. The lowest BCUT2D eigenvalue weighted by Crippen LogP contribution is -2.34. The molecule has 0 unspecified atom stereocenters. The van der Waals surface area contributed by atoms with E-state index >= 15 is 0 Å². The van der Waals surface area contributed by atoms with Gasteiger partial charge in [0.2, 0.25) is 5.91 Å². The molecule has 1 aromatic heterocycles. The van der Waals surface area contributed by atoms with Gasteiger partial charge >= 0.3 is 0 Å². The molecule has 5 nitrogen and oxygen atoms in total. The normalized spacial score (nSPS) is 10.6. The van der Waals surface area contributed by atoms with E-state index in [0.29, 0.717) is 18.1 Å². The number of aromatic nitrogens is 1. The predicted molar refractivity (Wildman–Crippen MR) is 73.8 cm³/mol. The van der Waals surface area contributed by atoms with Crippen LogP contribution in [0.3, 0.4) is 0 Å². The van der Waals surface area contributed by atoms with E-state index in [2.05, 4.69) is 10.3 Å². The van der Waals surface area contributed by atoms with Gasteiger partial charge in [0.25, 0.3) is 0 Å². The molecule has 0 aliphatic rings. The molecule has 0 atom stereocenters. The first-order valence-electron chi connectivity index (χ1n) is 5.66. The van der Waals surface area contributed by atoms with Crippen LogP contribution in [0.4, 0.5) is 5.82 Å². The highest BCUT2D eigenvalue weighted by atomic mass is 35.5. The second-order valence-electron chi connectivity index (χ2n) is 4.34. The average Bonchev–Trinajstić information content (AvgIpc) is 2.31. The van der Waals surface area contributed by atoms with E-state index in [4.69, 9.17) is 11.6 Å². The first-order valence-corrected chi connectivity index (χ1v) is 6.03. The van der Waals surface area contributed by atoms with Crippen LogP contribution in [-0.4, -0.2) is 55.4 Å². The maximum atomic E-state index is 11.6. The summed E-state index contributed by atoms with van der Waals surface area (Å²) >= 11 is 6.08. The molecule has 0 fully saturated rings. The summed E-state index contributed by atoms with van der Waals surface area (Å²) in [5.74, 6) is 0.820. The zero-order valence-electron chi connectivity index (χ0n) is 11.2. The summed E-state index contributed by atoms with van der Waals surface area (Å²) in [6, 6.07) is 3.62. The quantitative estimate of drug-likeness (QED) is 0.876. The SMILES string of the molecule is CNc1ccc(Cl)c(CN(C)CC(=O)N(C)C)n1. The maximum Gasteiger partial charge on any atom is 0.236 e. The Morgan fingerprint density at radius 1 is 1.39 bits per heavy atom. The summed E-state index contributed by atoms with van der Waals surface area (Å²) in [5, 5.41) is 3.57. The maximum absolute atomic E-state index is 11.6. The van der Waals surface area contributed by atoms with Crippen LogP contribution in [-0.2, 0) is 11.3 Å². The molecule has 1 rings (SSSR count). The first-order chi connectivity index (χ1) is 8.43. The van der Waals surface area contributed by atoms with E-state index in [1.54, 1.807) is 32.1 Å². The minimum Gasteiger partial charge on any atom is -0.373 e. The number of halogens is 1. The van der Waals surface area contributed by atoms with Gasteiger partial charge in [-0.15, -0.1) is 0 Å². The van der Waals surface area contributed by atoms with Gasteiger partial charge in [-0.25, -0.2) is 4.98 Å². The van der Waals surface area contributed by atoms with Gasteiger partial charge < -0.3 is 10.2 Å². The Hall–Kier alpha value is -1.33. The van der Waals surface area contributed by atoms with E-state index in [0.717, 1.165) is 11.5 Å². The number of pyridine rings is 1. The van der Waals surface area contributed by atoms with Crippen molar-refractivity contribution in [1.29, 1.82) is 0 Å². The zero-order valence-corrected chi connectivity index (χ0v) is 12.0. The van der Waals surface area contributed by atoms with Gasteiger partial charge in [0, 0.05) is 27.7 Å². The second-order valence-corrected chi connectivity index (χ2v) is 4.74. The molecule has 1 aromatic rings. The summed E-state index contributed by atoms with van der Waals surface area (Å²) in [6.07, 6.45) is 0. The summed E-state index contributed by atoms with van der Waals surface area (Å²) in [6.45, 7) is 0.878. The minimum atomic E-state index is 0.0541. The highest BCUT2D eigenvalue weighted by Crippen LogP contribution is 2.17. The van der Waals surface area contributed by atoms with Gasteiger partial charge in [-0.05, 0) is 19.2 Å². The molecule has 0 radical (unpaired) electrons. The van der Waals surface area contributed by atoms with Crippen molar-refractivity contribution in [3.63, 3.8) is 0 Å². The van der Waals surface area contributed by atoms with Gasteiger partial charge in [-0.1, -0.05) is 11.6 Å². The Balaban J connectivity index is 2.69. The number of anilines is 1. The van der Waals surface area contributed by atoms with Crippen LogP contribution in [0, 0.1) is 0 Å². The number of carbonyl (C=O) groups excluding carboxylic acids is 1. The number of nitrogens with zero attached hydrogens (tertiary/aromatic N) is 3. The molecule has 18 heavy (non-hydrogen) atoms. The van der Waals surface area contributed by atoms with Gasteiger partial charge in [0.15, 0.2) is 0 Å². The van der Waals surface area contributed by atoms with Crippen molar-refractivity contribution in [2.75, 3.05) is 40.1 Å². The van der Waals surface area contributed by atoms with Crippen LogP contribution < -0.4 is 5.32 Å². The topological polar surface area (TPSA) is 48.5 Å². The van der Waals surface area contributed by atoms with Gasteiger partial charge in [0.05, 0.1) is 17.3 Å². The average molecular weight is 271 g/mol. The van der Waals surface area contributed by atoms with E-state index in [1.807, 2.05) is 18.0 Å². The van der Waals surface area contributed by atoms with Crippen molar-refractivity contribution < 1.29 is 4.79 Å². The number of hydrogen-bond acceptors (Lipinski definition) is 4. The largest absolute Gasteiger partial charge is 0.373 e. The highest BCUT2D eigenvalue weighted by molar-refractivity contribution is 6.31. The molecule has 1 amide bonds. The van der Waals surface area contributed by atoms with Crippen LogP contribution in [0.2, 0.25) is 5.02 Å². The summed E-state index contributed by atoms with van der Waals surface area (Å²) in [5.41, 5.74) is 0.762. The smallest absolute Gasteiger partial charge is 0.236 e. The van der Waals surface area contributed by atoms with Crippen molar-refractivity contribution in [2.45, 2.75) is 6.54 Å². The fourth-order valence-corrected chi connectivity index (χ4v) is 1.58. The van der Waals surface area contributed by atoms with Crippen molar-refractivity contribution in [3.8, 4) is 0 Å². The minimum absolute atomic E-state index is 0.0541. The van der Waals surface area contributed by atoms with Crippen LogP contribution in [0.5, 0.6) is 0 Å². The number of rotatable bonds is 5. The van der Waals surface area contributed by atoms with Crippen molar-refractivity contribution in [2.24, 2.45) is 0 Å². The standard InChI is InChI=1S/C12H19ClN4O/c1-14-11-6-5-9(13)10(15-11)7-17(4)8-12(18)16(2)3/h5-6H,7-8H2,1-4H3,(H,14,15). The van der Waals surface area contributed by atoms with Gasteiger partial charge in [-0.2, -0.15) is 0 Å².